The Bertz CT molecular complexity index is 539. The summed E-state index contributed by atoms with van der Waals surface area (Å²) < 4.78 is 0. The fourth-order valence-electron chi connectivity index (χ4n) is 1.07. The van der Waals surface area contributed by atoms with Gasteiger partial charge in [-0.3, -0.25) is 10.1 Å². The Labute approximate surface area is 96.8 Å². The van der Waals surface area contributed by atoms with Gasteiger partial charge >= 0.3 is 0 Å². The summed E-state index contributed by atoms with van der Waals surface area (Å²) in [7, 11) is 0. The molecule has 1 aromatic carbocycles. The molecule has 0 atom stereocenters. The maximum Gasteiger partial charge on any atom is 0.269 e. The molecule has 84 valence electrons. The molecule has 7 nitrogen and oxygen atoms in total. The van der Waals surface area contributed by atoms with E-state index in [0.29, 0.717) is 11.3 Å². The van der Waals surface area contributed by atoms with Crippen molar-refractivity contribution >= 4 is 11.4 Å². The minimum absolute atomic E-state index is 0.0430. The summed E-state index contributed by atoms with van der Waals surface area (Å²) in [6, 6.07) is 6.18. The van der Waals surface area contributed by atoms with Gasteiger partial charge < -0.3 is 0 Å². The van der Waals surface area contributed by atoms with Crippen LogP contribution in [0.15, 0.2) is 28.4 Å². The van der Waals surface area contributed by atoms with Gasteiger partial charge in [0.2, 0.25) is 6.04 Å². The van der Waals surface area contributed by atoms with Crippen LogP contribution in [0.3, 0.4) is 0 Å². The van der Waals surface area contributed by atoms with Crippen LogP contribution in [-0.4, -0.2) is 11.0 Å². The van der Waals surface area contributed by atoms with Gasteiger partial charge in [-0.05, 0) is 18.6 Å². The molecular formula is C10H7N5O2. The zero-order chi connectivity index (χ0) is 12.8. The van der Waals surface area contributed by atoms with Crippen molar-refractivity contribution in [2.24, 2.45) is 10.2 Å². The second-order valence-corrected chi connectivity index (χ2v) is 3.10. The van der Waals surface area contributed by atoms with Crippen molar-refractivity contribution in [2.45, 2.75) is 13.0 Å². The fourth-order valence-corrected chi connectivity index (χ4v) is 1.07. The Morgan fingerprint density at radius 2 is 2.06 bits per heavy atom. The standard InChI is InChI=1S/C10H7N5O2/c1-7-4-9(15(16)17)2-3-10(7)14-13-8(5-11)6-12/h2-4,8H,1H3. The van der Waals surface area contributed by atoms with Gasteiger partial charge in [-0.1, -0.05) is 0 Å². The molecule has 0 N–H and O–H groups in total. The first-order valence-corrected chi connectivity index (χ1v) is 4.53. The average molecular weight is 229 g/mol. The number of nitriles is 2. The lowest BCUT2D eigenvalue weighted by Crippen LogP contribution is -1.93. The minimum Gasteiger partial charge on any atom is -0.258 e. The van der Waals surface area contributed by atoms with Crippen LogP contribution in [0.5, 0.6) is 0 Å². The number of nitrogens with zero attached hydrogens (tertiary/aromatic N) is 5. The van der Waals surface area contributed by atoms with E-state index in [2.05, 4.69) is 10.2 Å². The normalized spacial score (nSPS) is 10.1. The van der Waals surface area contributed by atoms with E-state index in [9.17, 15) is 10.1 Å². The third kappa shape index (κ3) is 3.08. The largest absolute Gasteiger partial charge is 0.269 e. The molecule has 7 heteroatoms. The molecule has 0 heterocycles. The maximum atomic E-state index is 10.5. The lowest BCUT2D eigenvalue weighted by molar-refractivity contribution is -0.384. The zero-order valence-electron chi connectivity index (χ0n) is 8.86. The van der Waals surface area contributed by atoms with Gasteiger partial charge in [0.05, 0.1) is 10.6 Å². The lowest BCUT2D eigenvalue weighted by atomic mass is 10.2. The summed E-state index contributed by atoms with van der Waals surface area (Å²) in [6.07, 6.45) is 0. The molecule has 0 amide bonds. The quantitative estimate of drug-likeness (QED) is 0.449. The van der Waals surface area contributed by atoms with E-state index in [4.69, 9.17) is 10.5 Å². The van der Waals surface area contributed by atoms with Crippen molar-refractivity contribution in [3.05, 3.63) is 33.9 Å². The molecule has 0 aliphatic heterocycles. The Hall–Kier alpha value is -2.80. The highest BCUT2D eigenvalue weighted by Crippen LogP contribution is 2.24. The molecule has 1 aromatic rings. The average Bonchev–Trinajstić information content (AvgIpc) is 2.31. The number of azo groups is 1. The molecule has 0 bridgehead atoms. The number of nitro groups is 1. The molecular weight excluding hydrogens is 222 g/mol. The van der Waals surface area contributed by atoms with Crippen LogP contribution < -0.4 is 0 Å². The molecule has 0 aromatic heterocycles. The summed E-state index contributed by atoms with van der Waals surface area (Å²) >= 11 is 0. The van der Waals surface area contributed by atoms with Gasteiger partial charge in [0.25, 0.3) is 5.69 Å². The molecule has 0 spiro atoms. The summed E-state index contributed by atoms with van der Waals surface area (Å²) in [6.45, 7) is 1.63. The lowest BCUT2D eigenvalue weighted by Gasteiger charge is -1.98. The fraction of sp³-hybridized carbons (Fsp3) is 0.200. The van der Waals surface area contributed by atoms with E-state index >= 15 is 0 Å². The van der Waals surface area contributed by atoms with Crippen molar-refractivity contribution in [1.82, 2.24) is 0 Å². The molecule has 0 unspecified atom stereocenters. The molecule has 0 aliphatic rings. The van der Waals surface area contributed by atoms with Crippen LogP contribution in [-0.2, 0) is 0 Å². The maximum absolute atomic E-state index is 10.5. The minimum atomic E-state index is -1.16. The molecule has 0 saturated carbocycles. The molecule has 1 rings (SSSR count). The van der Waals surface area contributed by atoms with Crippen molar-refractivity contribution in [3.8, 4) is 12.1 Å². The van der Waals surface area contributed by atoms with Gasteiger partial charge in [0.15, 0.2) is 0 Å². The van der Waals surface area contributed by atoms with Crippen LogP contribution in [0, 0.1) is 39.7 Å². The Balaban J connectivity index is 2.99. The van der Waals surface area contributed by atoms with Gasteiger partial charge in [0, 0.05) is 12.1 Å². The van der Waals surface area contributed by atoms with Crippen LogP contribution in [0.1, 0.15) is 5.56 Å². The van der Waals surface area contributed by atoms with Crippen LogP contribution in [0.2, 0.25) is 0 Å². The first-order valence-electron chi connectivity index (χ1n) is 4.53. The monoisotopic (exact) mass is 229 g/mol. The molecule has 17 heavy (non-hydrogen) atoms. The smallest absolute Gasteiger partial charge is 0.258 e. The summed E-state index contributed by atoms with van der Waals surface area (Å²) in [5.74, 6) is 0. The highest BCUT2D eigenvalue weighted by Gasteiger charge is 2.08. The van der Waals surface area contributed by atoms with Crippen LogP contribution >= 0.6 is 0 Å². The summed E-state index contributed by atoms with van der Waals surface area (Å²) in [4.78, 5) is 9.98. The first-order chi connectivity index (χ1) is 8.08. The SMILES string of the molecule is Cc1cc([N+](=O)[O-])ccc1N=NC(C#N)C#N. The predicted octanol–water partition coefficient (Wildman–Crippen LogP) is 2.40. The third-order valence-corrected chi connectivity index (χ3v) is 1.92. The van der Waals surface area contributed by atoms with E-state index in [-0.39, 0.29) is 5.69 Å². The van der Waals surface area contributed by atoms with Crippen LogP contribution in [0.4, 0.5) is 11.4 Å². The highest BCUT2D eigenvalue weighted by atomic mass is 16.6. The van der Waals surface area contributed by atoms with E-state index in [1.807, 2.05) is 0 Å². The number of non-ortho nitro benzene ring substituents is 1. The first kappa shape index (κ1) is 12.3. The number of hydrogen-bond acceptors (Lipinski definition) is 6. The number of hydrogen-bond donors (Lipinski definition) is 0. The Morgan fingerprint density at radius 3 is 2.53 bits per heavy atom. The van der Waals surface area contributed by atoms with Gasteiger partial charge in [-0.15, -0.1) is 0 Å². The van der Waals surface area contributed by atoms with Gasteiger partial charge in [0.1, 0.15) is 12.1 Å². The van der Waals surface area contributed by atoms with Crippen molar-refractivity contribution in [3.63, 3.8) is 0 Å². The number of rotatable bonds is 3. The molecule has 0 radical (unpaired) electrons. The highest BCUT2D eigenvalue weighted by molar-refractivity contribution is 5.50. The second kappa shape index (κ2) is 5.33. The Morgan fingerprint density at radius 1 is 1.41 bits per heavy atom. The van der Waals surface area contributed by atoms with Gasteiger partial charge in [-0.2, -0.15) is 20.8 Å². The number of benzene rings is 1. The van der Waals surface area contributed by atoms with Crippen molar-refractivity contribution in [2.75, 3.05) is 0 Å². The van der Waals surface area contributed by atoms with E-state index < -0.39 is 11.0 Å². The summed E-state index contributed by atoms with van der Waals surface area (Å²) in [5, 5.41) is 34.6. The molecule has 0 aliphatic carbocycles. The zero-order valence-corrected chi connectivity index (χ0v) is 8.86. The molecule has 0 fully saturated rings. The number of nitro benzene ring substituents is 1. The predicted molar refractivity (Wildman–Crippen MR) is 57.4 cm³/mol. The Kier molecular flexibility index (Phi) is 3.85. The van der Waals surface area contributed by atoms with Crippen molar-refractivity contribution in [1.29, 1.82) is 10.5 Å². The number of aryl methyl sites for hydroxylation is 1. The van der Waals surface area contributed by atoms with Crippen LogP contribution in [0.25, 0.3) is 0 Å². The second-order valence-electron chi connectivity index (χ2n) is 3.10. The van der Waals surface area contributed by atoms with Crippen molar-refractivity contribution < 1.29 is 4.92 Å². The van der Waals surface area contributed by atoms with E-state index in [1.54, 1.807) is 19.1 Å². The molecule has 0 saturated heterocycles. The van der Waals surface area contributed by atoms with E-state index in [0.717, 1.165) is 0 Å². The summed E-state index contributed by atoms with van der Waals surface area (Å²) in [5.41, 5.74) is 0.905. The van der Waals surface area contributed by atoms with E-state index in [1.165, 1.54) is 18.2 Å². The third-order valence-electron chi connectivity index (χ3n) is 1.92. The topological polar surface area (TPSA) is 115 Å². The van der Waals surface area contributed by atoms with Gasteiger partial charge in [-0.25, -0.2) is 0 Å².